The van der Waals surface area contributed by atoms with E-state index in [1.54, 1.807) is 42.5 Å². The molecule has 0 saturated carbocycles. The van der Waals surface area contributed by atoms with Gasteiger partial charge < -0.3 is 34.4 Å². The number of para-hydroxylation sites is 1. The summed E-state index contributed by atoms with van der Waals surface area (Å²) in [5.74, 6) is 1.18. The maximum atomic E-state index is 13.4. The lowest BCUT2D eigenvalue weighted by Crippen LogP contribution is -2.54. The summed E-state index contributed by atoms with van der Waals surface area (Å²) in [5, 5.41) is 23.1. The van der Waals surface area contributed by atoms with Gasteiger partial charge in [0.25, 0.3) is 0 Å². The molecule has 250 valence electrons. The van der Waals surface area contributed by atoms with E-state index < -0.39 is 42.2 Å². The molecular formula is C31H40N3O10PS. The van der Waals surface area contributed by atoms with E-state index >= 15 is 0 Å². The minimum atomic E-state index is -4.06. The third kappa shape index (κ3) is 9.68. The Morgan fingerprint density at radius 1 is 1.04 bits per heavy atom. The smallest absolute Gasteiger partial charge is 0.413 e. The fourth-order valence-corrected chi connectivity index (χ4v) is 7.52. The lowest BCUT2D eigenvalue weighted by atomic mass is 9.98. The van der Waals surface area contributed by atoms with Crippen LogP contribution >= 0.6 is 7.60 Å². The van der Waals surface area contributed by atoms with Crippen LogP contribution in [0, 0.1) is 0 Å². The van der Waals surface area contributed by atoms with E-state index in [9.17, 15) is 32.9 Å². The zero-order valence-electron chi connectivity index (χ0n) is 25.7. The molecule has 3 aromatic carbocycles. The second kappa shape index (κ2) is 15.8. The number of hydrogen-bond donors (Lipinski definition) is 4. The number of ether oxygens (including phenoxy) is 2. The number of amides is 1. The molecule has 46 heavy (non-hydrogen) atoms. The van der Waals surface area contributed by atoms with Crippen molar-refractivity contribution in [3.05, 3.63) is 83.9 Å². The Kier molecular flexibility index (Phi) is 12.1. The van der Waals surface area contributed by atoms with Crippen LogP contribution in [0.2, 0.25) is 0 Å². The van der Waals surface area contributed by atoms with E-state index in [0.717, 1.165) is 11.1 Å². The van der Waals surface area contributed by atoms with Crippen LogP contribution in [0.15, 0.2) is 77.7 Å². The standard InChI is InChI=1S/C31H40N3O10PS/c1-3-16-34(46(40,41)28-13-11-25(42-2)12-14-28)21-30(35)29(32-31(36)37)20-33-17-15-23-18-27(10-9-24(23)19-33)43-22-45(38,39)44-26-7-5-4-6-8-26/h4-14,18,29-30,32,35H,3,15-17,19-22H2,1-2H3,(H,36,37)(H,38,39)/t29-,30+/m0/s1. The van der Waals surface area contributed by atoms with E-state index in [1.807, 2.05) is 17.9 Å². The van der Waals surface area contributed by atoms with Crippen LogP contribution in [0.3, 0.4) is 0 Å². The van der Waals surface area contributed by atoms with Gasteiger partial charge in [0.2, 0.25) is 10.0 Å². The largest absolute Gasteiger partial charge is 0.497 e. The normalized spacial score (nSPS) is 16.1. The van der Waals surface area contributed by atoms with Gasteiger partial charge in [-0.05, 0) is 72.5 Å². The Hall–Kier alpha value is -3.65. The van der Waals surface area contributed by atoms with Crippen LogP contribution in [0.5, 0.6) is 17.2 Å². The number of fused-ring (bicyclic) bond motifs is 1. The lowest BCUT2D eigenvalue weighted by molar-refractivity contribution is 0.0781. The highest BCUT2D eigenvalue weighted by molar-refractivity contribution is 7.89. The van der Waals surface area contributed by atoms with Gasteiger partial charge >= 0.3 is 13.7 Å². The number of aliphatic hydroxyl groups is 1. The molecule has 1 unspecified atom stereocenters. The average molecular weight is 678 g/mol. The van der Waals surface area contributed by atoms with Gasteiger partial charge in [-0.2, -0.15) is 4.31 Å². The van der Waals surface area contributed by atoms with E-state index in [-0.39, 0.29) is 30.3 Å². The number of sulfonamides is 1. The van der Waals surface area contributed by atoms with Crippen molar-refractivity contribution in [1.29, 1.82) is 0 Å². The number of methoxy groups -OCH3 is 1. The molecule has 15 heteroatoms. The number of nitrogens with zero attached hydrogens (tertiary/aromatic N) is 2. The quantitative estimate of drug-likeness (QED) is 0.163. The molecule has 3 aromatic rings. The number of benzene rings is 3. The molecule has 0 bridgehead atoms. The molecule has 0 fully saturated rings. The fourth-order valence-electron chi connectivity index (χ4n) is 5.15. The average Bonchev–Trinajstić information content (AvgIpc) is 3.03. The number of nitrogens with one attached hydrogen (secondary N) is 1. The van der Waals surface area contributed by atoms with E-state index in [4.69, 9.17) is 14.0 Å². The molecular weight excluding hydrogens is 637 g/mol. The highest BCUT2D eigenvalue weighted by Crippen LogP contribution is 2.42. The van der Waals surface area contributed by atoms with Gasteiger partial charge in [0.05, 0.1) is 24.2 Å². The molecule has 0 radical (unpaired) electrons. The predicted molar refractivity (Wildman–Crippen MR) is 171 cm³/mol. The number of hydrogen-bond acceptors (Lipinski definition) is 9. The molecule has 1 amide bonds. The van der Waals surface area contributed by atoms with Crippen LogP contribution < -0.4 is 19.3 Å². The van der Waals surface area contributed by atoms with Gasteiger partial charge in [-0.15, -0.1) is 0 Å². The maximum absolute atomic E-state index is 13.4. The monoisotopic (exact) mass is 677 g/mol. The summed E-state index contributed by atoms with van der Waals surface area (Å²) in [5.41, 5.74) is 1.91. The highest BCUT2D eigenvalue weighted by Gasteiger charge is 2.32. The third-order valence-electron chi connectivity index (χ3n) is 7.44. The zero-order chi connectivity index (χ0) is 33.3. The molecule has 0 spiro atoms. The topological polar surface area (TPSA) is 175 Å². The molecule has 4 rings (SSSR count). The van der Waals surface area contributed by atoms with Crippen molar-refractivity contribution in [3.8, 4) is 17.2 Å². The highest BCUT2D eigenvalue weighted by atomic mass is 32.2. The molecule has 1 aliphatic heterocycles. The first-order chi connectivity index (χ1) is 21.9. The molecule has 3 atom stereocenters. The molecule has 1 heterocycles. The maximum Gasteiger partial charge on any atom is 0.413 e. The summed E-state index contributed by atoms with van der Waals surface area (Å²) >= 11 is 0. The fraction of sp³-hybridized carbons (Fsp3) is 0.387. The Labute approximate surface area is 268 Å². The second-order valence-corrected chi connectivity index (χ2v) is 14.5. The first-order valence-electron chi connectivity index (χ1n) is 14.8. The minimum Gasteiger partial charge on any atom is -0.497 e. The second-order valence-electron chi connectivity index (χ2n) is 10.9. The van der Waals surface area contributed by atoms with Gasteiger partial charge in [-0.1, -0.05) is 31.2 Å². The first kappa shape index (κ1) is 35.2. The molecule has 1 aliphatic rings. The van der Waals surface area contributed by atoms with Gasteiger partial charge in [-0.3, -0.25) is 4.90 Å². The van der Waals surface area contributed by atoms with Crippen molar-refractivity contribution in [2.45, 2.75) is 43.4 Å². The molecule has 0 aromatic heterocycles. The Balaban J connectivity index is 1.39. The van der Waals surface area contributed by atoms with E-state index in [1.165, 1.54) is 35.7 Å². The lowest BCUT2D eigenvalue weighted by Gasteiger charge is -2.35. The minimum absolute atomic E-state index is 0.0400. The molecule has 0 saturated heterocycles. The van der Waals surface area contributed by atoms with E-state index in [2.05, 4.69) is 5.32 Å². The number of carboxylic acid groups (broad SMARTS) is 1. The zero-order valence-corrected chi connectivity index (χ0v) is 27.4. The van der Waals surface area contributed by atoms with Gasteiger partial charge in [0.15, 0.2) is 6.35 Å². The summed E-state index contributed by atoms with van der Waals surface area (Å²) in [6.45, 7) is 2.76. The van der Waals surface area contributed by atoms with Gasteiger partial charge in [-0.25, -0.2) is 17.8 Å². The summed E-state index contributed by atoms with van der Waals surface area (Å²) in [7, 11) is -6.55. The number of carbonyl (C=O) groups is 1. The van der Waals surface area contributed by atoms with Crippen LogP contribution in [0.25, 0.3) is 0 Å². The summed E-state index contributed by atoms with van der Waals surface area (Å²) in [6, 6.07) is 18.6. The Morgan fingerprint density at radius 3 is 2.39 bits per heavy atom. The van der Waals surface area contributed by atoms with Crippen molar-refractivity contribution in [3.63, 3.8) is 0 Å². The van der Waals surface area contributed by atoms with Crippen LogP contribution in [-0.4, -0.2) is 90.6 Å². The molecule has 0 aliphatic carbocycles. The van der Waals surface area contributed by atoms with Gasteiger partial charge in [0, 0.05) is 32.7 Å². The summed E-state index contributed by atoms with van der Waals surface area (Å²) in [4.78, 5) is 23.9. The van der Waals surface area contributed by atoms with Crippen LogP contribution in [0.4, 0.5) is 4.79 Å². The predicted octanol–water partition coefficient (Wildman–Crippen LogP) is 3.75. The summed E-state index contributed by atoms with van der Waals surface area (Å²) < 4.78 is 56.4. The number of aliphatic hydroxyl groups excluding tert-OH is 1. The van der Waals surface area contributed by atoms with E-state index in [0.29, 0.717) is 37.4 Å². The SMILES string of the molecule is CCCN(C[C@@H](O)[C@H](CN1CCc2cc(OCP(=O)(O)Oc3ccccc3)ccc2C1)NC(=O)O)S(=O)(=O)c1ccc(OC)cc1. The third-order valence-corrected chi connectivity index (χ3v) is 10.3. The summed E-state index contributed by atoms with van der Waals surface area (Å²) in [6.07, 6.45) is -2.13. The van der Waals surface area contributed by atoms with Crippen molar-refractivity contribution >= 4 is 23.7 Å². The van der Waals surface area contributed by atoms with Crippen molar-refractivity contribution in [1.82, 2.24) is 14.5 Å². The number of rotatable bonds is 16. The van der Waals surface area contributed by atoms with Crippen molar-refractivity contribution < 1.29 is 46.9 Å². The Morgan fingerprint density at radius 2 is 1.74 bits per heavy atom. The first-order valence-corrected chi connectivity index (χ1v) is 18.0. The molecule has 4 N–H and O–H groups in total. The molecule has 13 nitrogen and oxygen atoms in total. The van der Waals surface area contributed by atoms with Gasteiger partial charge in [0.1, 0.15) is 17.2 Å². The Bertz CT molecular complexity index is 1610. The van der Waals surface area contributed by atoms with Crippen LogP contribution in [-0.2, 0) is 27.6 Å². The van der Waals surface area contributed by atoms with Crippen molar-refractivity contribution in [2.75, 3.05) is 39.6 Å². The van der Waals surface area contributed by atoms with Crippen molar-refractivity contribution in [2.24, 2.45) is 0 Å². The van der Waals surface area contributed by atoms with Crippen LogP contribution in [0.1, 0.15) is 24.5 Å².